The highest BCUT2D eigenvalue weighted by atomic mass is 16.5. The van der Waals surface area contributed by atoms with Gasteiger partial charge in [-0.1, -0.05) is 0 Å². The molecular weight excluding hydrogens is 280 g/mol. The van der Waals surface area contributed by atoms with E-state index in [1.54, 1.807) is 4.68 Å². The molecule has 22 heavy (non-hydrogen) atoms. The summed E-state index contributed by atoms with van der Waals surface area (Å²) in [5.74, 6) is 0.893. The number of hydrogen-bond donors (Lipinski definition) is 0. The molecule has 0 aromatic carbocycles. The molecule has 0 N–H and O–H groups in total. The van der Waals surface area contributed by atoms with Crippen LogP contribution in [0.1, 0.15) is 29.0 Å². The first-order chi connectivity index (χ1) is 10.5. The van der Waals surface area contributed by atoms with Gasteiger partial charge in [-0.3, -0.25) is 9.48 Å². The first-order valence-electron chi connectivity index (χ1n) is 8.13. The molecule has 1 aromatic heterocycles. The van der Waals surface area contributed by atoms with Gasteiger partial charge in [0.05, 0.1) is 12.7 Å². The number of aromatic nitrogens is 2. The molecule has 6 nitrogen and oxygen atoms in total. The molecule has 6 heteroatoms. The fraction of sp³-hybridized carbons (Fsp3) is 0.750. The number of likely N-dealkylation sites (N-methyl/N-ethyl adjacent to an activating group) is 1. The van der Waals surface area contributed by atoms with E-state index in [1.165, 1.54) is 12.8 Å². The van der Waals surface area contributed by atoms with Crippen LogP contribution in [0, 0.1) is 12.8 Å². The maximum Gasteiger partial charge on any atom is 0.274 e. The summed E-state index contributed by atoms with van der Waals surface area (Å²) in [5.41, 5.74) is 1.53. The molecule has 0 radical (unpaired) electrons. The van der Waals surface area contributed by atoms with Crippen LogP contribution in [0.3, 0.4) is 0 Å². The van der Waals surface area contributed by atoms with Crippen molar-refractivity contribution in [1.82, 2.24) is 19.6 Å². The first kappa shape index (κ1) is 15.5. The fourth-order valence-electron chi connectivity index (χ4n) is 3.00. The smallest absolute Gasteiger partial charge is 0.274 e. The second-order valence-electron chi connectivity index (χ2n) is 6.70. The Kier molecular flexibility index (Phi) is 4.49. The van der Waals surface area contributed by atoms with Crippen molar-refractivity contribution in [1.29, 1.82) is 0 Å². The summed E-state index contributed by atoms with van der Waals surface area (Å²) in [7, 11) is 4.01. The summed E-state index contributed by atoms with van der Waals surface area (Å²) in [6, 6.07) is 1.85. The van der Waals surface area contributed by atoms with Crippen LogP contribution in [0.4, 0.5) is 0 Å². The van der Waals surface area contributed by atoms with Gasteiger partial charge in [-0.05, 0) is 38.8 Å². The van der Waals surface area contributed by atoms with Crippen LogP contribution < -0.4 is 0 Å². The normalized spacial score (nSPS) is 22.4. The van der Waals surface area contributed by atoms with Gasteiger partial charge in [0.1, 0.15) is 0 Å². The van der Waals surface area contributed by atoms with Gasteiger partial charge in [0.15, 0.2) is 5.69 Å². The Morgan fingerprint density at radius 2 is 2.23 bits per heavy atom. The number of rotatable bonds is 5. The third kappa shape index (κ3) is 3.67. The number of aryl methyl sites for hydroxylation is 2. The van der Waals surface area contributed by atoms with Crippen LogP contribution >= 0.6 is 0 Å². The Morgan fingerprint density at radius 1 is 1.45 bits per heavy atom. The van der Waals surface area contributed by atoms with Gasteiger partial charge < -0.3 is 14.5 Å². The molecule has 2 heterocycles. The third-order valence-electron chi connectivity index (χ3n) is 4.54. The molecule has 1 amide bonds. The van der Waals surface area contributed by atoms with Crippen molar-refractivity contribution in [3.63, 3.8) is 0 Å². The molecule has 3 rings (SSSR count). The average molecular weight is 306 g/mol. The molecule has 2 aliphatic rings. The van der Waals surface area contributed by atoms with Gasteiger partial charge in [-0.25, -0.2) is 0 Å². The number of morpholine rings is 1. The van der Waals surface area contributed by atoms with Crippen molar-refractivity contribution < 1.29 is 9.53 Å². The zero-order valence-corrected chi connectivity index (χ0v) is 13.8. The van der Waals surface area contributed by atoms with E-state index in [2.05, 4.69) is 17.0 Å². The molecule has 1 atom stereocenters. The summed E-state index contributed by atoms with van der Waals surface area (Å²) < 4.78 is 7.58. The monoisotopic (exact) mass is 306 g/mol. The van der Waals surface area contributed by atoms with Crippen LogP contribution in [0.2, 0.25) is 0 Å². The molecule has 2 fully saturated rings. The molecule has 122 valence electrons. The number of carbonyl (C=O) groups excluding carboxylic acids is 1. The fourth-order valence-corrected chi connectivity index (χ4v) is 3.00. The number of hydrogen-bond acceptors (Lipinski definition) is 4. The average Bonchev–Trinajstić information content (AvgIpc) is 3.23. The van der Waals surface area contributed by atoms with E-state index in [-0.39, 0.29) is 12.0 Å². The zero-order chi connectivity index (χ0) is 15.7. The van der Waals surface area contributed by atoms with Crippen molar-refractivity contribution >= 4 is 5.91 Å². The van der Waals surface area contributed by atoms with Crippen LogP contribution in [-0.4, -0.2) is 71.4 Å². The number of amides is 1. The second kappa shape index (κ2) is 6.38. The minimum atomic E-state index is 0.0156. The number of ether oxygens (including phenoxy) is 1. The summed E-state index contributed by atoms with van der Waals surface area (Å²) in [6.45, 7) is 5.91. The molecule has 1 aliphatic heterocycles. The van der Waals surface area contributed by atoms with Gasteiger partial charge >= 0.3 is 0 Å². The Labute approximate surface area is 132 Å². The predicted molar refractivity (Wildman–Crippen MR) is 83.8 cm³/mol. The van der Waals surface area contributed by atoms with Crippen molar-refractivity contribution in [2.24, 2.45) is 13.0 Å². The van der Waals surface area contributed by atoms with Crippen LogP contribution in [0.25, 0.3) is 0 Å². The Balaban J connectivity index is 1.56. The Bertz CT molecular complexity index is 519. The first-order valence-corrected chi connectivity index (χ1v) is 8.13. The molecule has 0 bridgehead atoms. The van der Waals surface area contributed by atoms with Crippen molar-refractivity contribution in [3.8, 4) is 0 Å². The van der Waals surface area contributed by atoms with E-state index < -0.39 is 0 Å². The zero-order valence-electron chi connectivity index (χ0n) is 13.8. The minimum Gasteiger partial charge on any atom is -0.373 e. The van der Waals surface area contributed by atoms with E-state index in [4.69, 9.17) is 4.74 Å². The quantitative estimate of drug-likeness (QED) is 0.811. The second-order valence-corrected chi connectivity index (χ2v) is 6.70. The van der Waals surface area contributed by atoms with Crippen molar-refractivity contribution in [3.05, 3.63) is 17.5 Å². The van der Waals surface area contributed by atoms with E-state index >= 15 is 0 Å². The van der Waals surface area contributed by atoms with E-state index in [0.717, 1.165) is 24.7 Å². The lowest BCUT2D eigenvalue weighted by atomic mass is 10.2. The maximum absolute atomic E-state index is 12.6. The van der Waals surface area contributed by atoms with E-state index in [0.29, 0.717) is 25.4 Å². The summed E-state index contributed by atoms with van der Waals surface area (Å²) in [4.78, 5) is 16.8. The van der Waals surface area contributed by atoms with Gasteiger partial charge in [0.2, 0.25) is 0 Å². The summed E-state index contributed by atoms with van der Waals surface area (Å²) in [6.07, 6.45) is 2.82. The minimum absolute atomic E-state index is 0.0156. The SMILES string of the molecule is Cc1cc(C(=O)N2CCO[C@@H](CN(C)CC3CC3)C2)nn1C. The van der Waals surface area contributed by atoms with Crippen LogP contribution in [0.5, 0.6) is 0 Å². The molecule has 1 saturated heterocycles. The molecule has 0 unspecified atom stereocenters. The van der Waals surface area contributed by atoms with Crippen LogP contribution in [0.15, 0.2) is 6.07 Å². The lowest BCUT2D eigenvalue weighted by Crippen LogP contribution is -2.49. The van der Waals surface area contributed by atoms with Crippen molar-refractivity contribution in [2.45, 2.75) is 25.9 Å². The maximum atomic E-state index is 12.6. The Hall–Kier alpha value is -1.40. The van der Waals surface area contributed by atoms with Gasteiger partial charge in [-0.15, -0.1) is 0 Å². The van der Waals surface area contributed by atoms with E-state index in [1.807, 2.05) is 24.9 Å². The third-order valence-corrected chi connectivity index (χ3v) is 4.54. The molecule has 1 aliphatic carbocycles. The van der Waals surface area contributed by atoms with Gasteiger partial charge in [-0.2, -0.15) is 5.10 Å². The topological polar surface area (TPSA) is 50.6 Å². The van der Waals surface area contributed by atoms with E-state index in [9.17, 15) is 4.79 Å². The highest BCUT2D eigenvalue weighted by Gasteiger charge is 2.29. The summed E-state index contributed by atoms with van der Waals surface area (Å²) in [5, 5.41) is 4.29. The lowest BCUT2D eigenvalue weighted by Gasteiger charge is -2.34. The largest absolute Gasteiger partial charge is 0.373 e. The standard InChI is InChI=1S/C16H26N4O2/c1-12-8-15(17-19(12)3)16(21)20-6-7-22-14(11-20)10-18(2)9-13-4-5-13/h8,13-14H,4-7,9-11H2,1-3H3/t14-/m0/s1. The molecule has 0 spiro atoms. The van der Waals surface area contributed by atoms with Gasteiger partial charge in [0, 0.05) is 38.9 Å². The highest BCUT2D eigenvalue weighted by Crippen LogP contribution is 2.29. The molecule has 1 saturated carbocycles. The lowest BCUT2D eigenvalue weighted by molar-refractivity contribution is -0.0335. The predicted octanol–water partition coefficient (Wildman–Crippen LogP) is 0.911. The number of nitrogens with zero attached hydrogens (tertiary/aromatic N) is 4. The highest BCUT2D eigenvalue weighted by molar-refractivity contribution is 5.92. The summed E-state index contributed by atoms with van der Waals surface area (Å²) >= 11 is 0. The Morgan fingerprint density at radius 3 is 2.86 bits per heavy atom. The van der Waals surface area contributed by atoms with Gasteiger partial charge in [0.25, 0.3) is 5.91 Å². The van der Waals surface area contributed by atoms with Crippen molar-refractivity contribution in [2.75, 3.05) is 39.8 Å². The molecule has 1 aromatic rings. The number of carbonyl (C=O) groups is 1. The van der Waals surface area contributed by atoms with Crippen LogP contribution in [-0.2, 0) is 11.8 Å². The molecular formula is C16H26N4O2.